The van der Waals surface area contributed by atoms with E-state index in [0.717, 1.165) is 49.5 Å². The quantitative estimate of drug-likeness (QED) is 0.570. The second-order valence-electron chi connectivity index (χ2n) is 6.91. The molecule has 3 heteroatoms. The highest BCUT2D eigenvalue weighted by atomic mass is 16.5. The number of rotatable bonds is 9. The van der Waals surface area contributed by atoms with E-state index in [1.807, 2.05) is 0 Å². The van der Waals surface area contributed by atoms with Crippen LogP contribution in [0.25, 0.3) is 10.8 Å². The summed E-state index contributed by atoms with van der Waals surface area (Å²) < 4.78 is 11.8. The first kappa shape index (κ1) is 19.6. The molecule has 0 saturated carbocycles. The molecule has 0 radical (unpaired) electrons. The number of methoxy groups -OCH3 is 1. The molecular weight excluding hydrogens is 310 g/mol. The molecule has 0 amide bonds. The SMILES string of the molecule is CCN(CC)CCCOc1c(C)ccc2cc(C(C)C)c(OC)cc12. The highest BCUT2D eigenvalue weighted by molar-refractivity contribution is 5.91. The van der Waals surface area contributed by atoms with Crippen LogP contribution in [-0.2, 0) is 0 Å². The maximum Gasteiger partial charge on any atom is 0.130 e. The van der Waals surface area contributed by atoms with E-state index in [1.165, 1.54) is 16.5 Å². The standard InChI is InChI=1S/C22H33NO2/c1-7-23(8-2)12-9-13-25-22-17(5)10-11-18-14-19(16(3)4)21(24-6)15-20(18)22/h10-11,14-16H,7-9,12-13H2,1-6H3. The summed E-state index contributed by atoms with van der Waals surface area (Å²) in [4.78, 5) is 2.43. The molecule has 2 aromatic carbocycles. The molecule has 0 heterocycles. The minimum Gasteiger partial charge on any atom is -0.496 e. The van der Waals surface area contributed by atoms with E-state index in [4.69, 9.17) is 9.47 Å². The number of hydrogen-bond donors (Lipinski definition) is 0. The van der Waals surface area contributed by atoms with E-state index in [9.17, 15) is 0 Å². The maximum atomic E-state index is 6.21. The van der Waals surface area contributed by atoms with Crippen LogP contribution in [-0.4, -0.2) is 38.3 Å². The zero-order chi connectivity index (χ0) is 18.4. The third-order valence-electron chi connectivity index (χ3n) is 4.90. The van der Waals surface area contributed by atoms with Crippen LogP contribution in [0.2, 0.25) is 0 Å². The Morgan fingerprint density at radius 2 is 1.80 bits per heavy atom. The van der Waals surface area contributed by atoms with Gasteiger partial charge in [-0.1, -0.05) is 39.8 Å². The van der Waals surface area contributed by atoms with Crippen LogP contribution in [0, 0.1) is 6.92 Å². The van der Waals surface area contributed by atoms with Crippen LogP contribution in [0.15, 0.2) is 24.3 Å². The van der Waals surface area contributed by atoms with Crippen molar-refractivity contribution in [1.82, 2.24) is 4.90 Å². The Morgan fingerprint density at radius 1 is 1.08 bits per heavy atom. The Hall–Kier alpha value is -1.74. The highest BCUT2D eigenvalue weighted by Crippen LogP contribution is 2.37. The van der Waals surface area contributed by atoms with Crippen LogP contribution < -0.4 is 9.47 Å². The molecule has 2 aromatic rings. The van der Waals surface area contributed by atoms with Gasteiger partial charge in [-0.05, 0) is 61.0 Å². The summed E-state index contributed by atoms with van der Waals surface area (Å²) in [5.41, 5.74) is 2.42. The van der Waals surface area contributed by atoms with E-state index in [-0.39, 0.29) is 0 Å². The molecular formula is C22H33NO2. The van der Waals surface area contributed by atoms with Crippen molar-refractivity contribution in [1.29, 1.82) is 0 Å². The summed E-state index contributed by atoms with van der Waals surface area (Å²) in [6.45, 7) is 14.9. The van der Waals surface area contributed by atoms with E-state index in [2.05, 4.69) is 63.8 Å². The largest absolute Gasteiger partial charge is 0.496 e. The van der Waals surface area contributed by atoms with Crippen molar-refractivity contribution in [2.75, 3.05) is 33.4 Å². The average molecular weight is 344 g/mol. The molecule has 0 aliphatic heterocycles. The number of fused-ring (bicyclic) bond motifs is 1. The fourth-order valence-electron chi connectivity index (χ4n) is 3.27. The summed E-state index contributed by atoms with van der Waals surface area (Å²) in [6.07, 6.45) is 1.04. The minimum atomic E-state index is 0.430. The summed E-state index contributed by atoms with van der Waals surface area (Å²) in [5, 5.41) is 2.36. The van der Waals surface area contributed by atoms with E-state index >= 15 is 0 Å². The Morgan fingerprint density at radius 3 is 2.40 bits per heavy atom. The Labute approximate surface area is 152 Å². The van der Waals surface area contributed by atoms with Crippen molar-refractivity contribution < 1.29 is 9.47 Å². The number of aryl methyl sites for hydroxylation is 1. The molecule has 0 fully saturated rings. The Kier molecular flexibility index (Phi) is 7.12. The molecule has 0 aliphatic carbocycles. The molecule has 0 saturated heterocycles. The summed E-state index contributed by atoms with van der Waals surface area (Å²) in [5.74, 6) is 2.37. The van der Waals surface area contributed by atoms with Gasteiger partial charge in [-0.25, -0.2) is 0 Å². The zero-order valence-electron chi connectivity index (χ0n) is 16.7. The van der Waals surface area contributed by atoms with Gasteiger partial charge in [0, 0.05) is 11.9 Å². The van der Waals surface area contributed by atoms with Crippen molar-refractivity contribution in [3.05, 3.63) is 35.4 Å². The molecule has 138 valence electrons. The third-order valence-corrected chi connectivity index (χ3v) is 4.90. The summed E-state index contributed by atoms with van der Waals surface area (Å²) in [6, 6.07) is 8.70. The van der Waals surface area contributed by atoms with Gasteiger partial charge < -0.3 is 14.4 Å². The number of ether oxygens (including phenoxy) is 2. The maximum absolute atomic E-state index is 6.21. The van der Waals surface area contributed by atoms with Crippen LogP contribution in [0.5, 0.6) is 11.5 Å². The predicted molar refractivity (Wildman–Crippen MR) is 107 cm³/mol. The summed E-state index contributed by atoms with van der Waals surface area (Å²) >= 11 is 0. The molecule has 25 heavy (non-hydrogen) atoms. The predicted octanol–water partition coefficient (Wildman–Crippen LogP) is 5.39. The van der Waals surface area contributed by atoms with Gasteiger partial charge in [0.2, 0.25) is 0 Å². The Balaban J connectivity index is 2.25. The van der Waals surface area contributed by atoms with Gasteiger partial charge in [-0.3, -0.25) is 0 Å². The molecule has 0 N–H and O–H groups in total. The third kappa shape index (κ3) is 4.66. The molecule has 2 rings (SSSR count). The van der Waals surface area contributed by atoms with Gasteiger partial charge in [0.25, 0.3) is 0 Å². The molecule has 0 aromatic heterocycles. The first-order valence-corrected chi connectivity index (χ1v) is 9.48. The van der Waals surface area contributed by atoms with Crippen molar-refractivity contribution in [3.8, 4) is 11.5 Å². The smallest absolute Gasteiger partial charge is 0.130 e. The van der Waals surface area contributed by atoms with Crippen molar-refractivity contribution >= 4 is 10.8 Å². The van der Waals surface area contributed by atoms with E-state index in [1.54, 1.807) is 7.11 Å². The lowest BCUT2D eigenvalue weighted by atomic mass is 9.96. The van der Waals surface area contributed by atoms with Crippen LogP contribution in [0.4, 0.5) is 0 Å². The van der Waals surface area contributed by atoms with Gasteiger partial charge in [0.05, 0.1) is 13.7 Å². The minimum absolute atomic E-state index is 0.430. The second kappa shape index (κ2) is 9.10. The molecule has 0 spiro atoms. The number of nitrogens with zero attached hydrogens (tertiary/aromatic N) is 1. The Bertz CT molecular complexity index is 690. The van der Waals surface area contributed by atoms with Crippen LogP contribution in [0.3, 0.4) is 0 Å². The van der Waals surface area contributed by atoms with Crippen molar-refractivity contribution in [3.63, 3.8) is 0 Å². The first-order chi connectivity index (χ1) is 12.0. The van der Waals surface area contributed by atoms with Crippen LogP contribution >= 0.6 is 0 Å². The molecule has 0 unspecified atom stereocenters. The van der Waals surface area contributed by atoms with Gasteiger partial charge >= 0.3 is 0 Å². The second-order valence-corrected chi connectivity index (χ2v) is 6.91. The number of hydrogen-bond acceptors (Lipinski definition) is 3. The lowest BCUT2D eigenvalue weighted by Gasteiger charge is -2.19. The summed E-state index contributed by atoms with van der Waals surface area (Å²) in [7, 11) is 1.74. The topological polar surface area (TPSA) is 21.7 Å². The van der Waals surface area contributed by atoms with Crippen LogP contribution in [0.1, 0.15) is 51.2 Å². The molecule has 3 nitrogen and oxygen atoms in total. The van der Waals surface area contributed by atoms with Gasteiger partial charge in [-0.15, -0.1) is 0 Å². The van der Waals surface area contributed by atoms with Crippen molar-refractivity contribution in [2.45, 2.75) is 47.0 Å². The van der Waals surface area contributed by atoms with E-state index < -0.39 is 0 Å². The highest BCUT2D eigenvalue weighted by Gasteiger charge is 2.13. The number of benzene rings is 2. The fraction of sp³-hybridized carbons (Fsp3) is 0.545. The van der Waals surface area contributed by atoms with Gasteiger partial charge in [0.15, 0.2) is 0 Å². The monoisotopic (exact) mass is 343 g/mol. The van der Waals surface area contributed by atoms with Gasteiger partial charge in [-0.2, -0.15) is 0 Å². The van der Waals surface area contributed by atoms with Crippen molar-refractivity contribution in [2.24, 2.45) is 0 Å². The normalized spacial score (nSPS) is 11.5. The molecule has 0 aliphatic rings. The first-order valence-electron chi connectivity index (χ1n) is 9.48. The zero-order valence-corrected chi connectivity index (χ0v) is 16.7. The molecule has 0 atom stereocenters. The van der Waals surface area contributed by atoms with Gasteiger partial charge in [0.1, 0.15) is 11.5 Å². The van der Waals surface area contributed by atoms with E-state index in [0.29, 0.717) is 5.92 Å². The molecule has 0 bridgehead atoms. The average Bonchev–Trinajstić information content (AvgIpc) is 2.62. The fourth-order valence-corrected chi connectivity index (χ4v) is 3.27. The lowest BCUT2D eigenvalue weighted by molar-refractivity contribution is 0.250. The lowest BCUT2D eigenvalue weighted by Crippen LogP contribution is -2.25.